The third-order valence-corrected chi connectivity index (χ3v) is 4.64. The number of rotatable bonds is 7. The Hall–Kier alpha value is -0.650. The Kier molecular flexibility index (Phi) is 6.45. The Morgan fingerprint density at radius 2 is 1.90 bits per heavy atom. The number of carbonyl (C=O) groups is 1. The highest BCUT2D eigenvalue weighted by Gasteiger charge is 2.27. The van der Waals surface area contributed by atoms with E-state index in [1.807, 2.05) is 0 Å². The van der Waals surface area contributed by atoms with E-state index in [-0.39, 0.29) is 12.0 Å². The summed E-state index contributed by atoms with van der Waals surface area (Å²) >= 11 is 0. The Morgan fingerprint density at radius 1 is 1.19 bits per heavy atom. The lowest BCUT2D eigenvalue weighted by atomic mass is 9.93. The summed E-state index contributed by atoms with van der Waals surface area (Å²) in [5.41, 5.74) is 0. The summed E-state index contributed by atoms with van der Waals surface area (Å²) in [6.45, 7) is 4.17. The highest BCUT2D eigenvalue weighted by Crippen LogP contribution is 2.23. The quantitative estimate of drug-likeness (QED) is 0.735. The molecule has 2 fully saturated rings. The molecule has 0 aromatic rings. The van der Waals surface area contributed by atoms with Crippen molar-refractivity contribution in [1.29, 1.82) is 0 Å². The molecule has 0 bridgehead atoms. The number of β-amino-alcohol motifs (C(OH)–C–C–N with tert-alkyl or cyclic N) is 1. The molecule has 1 amide bonds. The lowest BCUT2D eigenvalue weighted by molar-refractivity contribution is -0.129. The minimum atomic E-state index is -0.521. The number of hydrogen-bond donors (Lipinski definition) is 2. The third kappa shape index (κ3) is 5.24. The van der Waals surface area contributed by atoms with E-state index >= 15 is 0 Å². The normalized spacial score (nSPS) is 23.8. The number of aliphatic hydroxyl groups is 2. The van der Waals surface area contributed by atoms with Gasteiger partial charge >= 0.3 is 0 Å². The molecule has 2 aliphatic rings. The minimum Gasteiger partial charge on any atom is -0.392 e. The molecular weight excluding hydrogens is 268 g/mol. The molecule has 0 radical (unpaired) electrons. The second-order valence-electron chi connectivity index (χ2n) is 6.69. The zero-order valence-corrected chi connectivity index (χ0v) is 13.2. The van der Waals surface area contributed by atoms with Crippen LogP contribution in [0.4, 0.5) is 0 Å². The van der Waals surface area contributed by atoms with Gasteiger partial charge in [0.2, 0.25) is 5.91 Å². The molecule has 21 heavy (non-hydrogen) atoms. The fourth-order valence-electron chi connectivity index (χ4n) is 3.64. The van der Waals surface area contributed by atoms with Crippen molar-refractivity contribution >= 4 is 5.91 Å². The molecule has 2 N–H and O–H groups in total. The van der Waals surface area contributed by atoms with Crippen molar-refractivity contribution in [2.75, 3.05) is 26.2 Å². The van der Waals surface area contributed by atoms with Crippen molar-refractivity contribution in [2.45, 2.75) is 70.1 Å². The van der Waals surface area contributed by atoms with E-state index in [1.54, 1.807) is 11.8 Å². The minimum absolute atomic E-state index is 0.161. The maximum absolute atomic E-state index is 11.6. The van der Waals surface area contributed by atoms with E-state index in [2.05, 4.69) is 4.90 Å². The van der Waals surface area contributed by atoms with Gasteiger partial charge in [-0.3, -0.25) is 9.69 Å². The van der Waals surface area contributed by atoms with Crippen LogP contribution in [-0.2, 0) is 4.79 Å². The Labute approximate surface area is 127 Å². The van der Waals surface area contributed by atoms with Gasteiger partial charge in [0.1, 0.15) is 0 Å². The molecule has 2 unspecified atom stereocenters. The van der Waals surface area contributed by atoms with E-state index < -0.39 is 6.10 Å². The second kappa shape index (κ2) is 8.11. The Bertz CT molecular complexity index is 329. The summed E-state index contributed by atoms with van der Waals surface area (Å²) in [4.78, 5) is 15.6. The van der Waals surface area contributed by atoms with Crippen LogP contribution in [0.5, 0.6) is 0 Å². The number of aliphatic hydroxyl groups excluding tert-OH is 2. The van der Waals surface area contributed by atoms with Crippen LogP contribution >= 0.6 is 0 Å². The van der Waals surface area contributed by atoms with Gasteiger partial charge in [0.05, 0.1) is 12.2 Å². The summed E-state index contributed by atoms with van der Waals surface area (Å²) in [6, 6.07) is 0.470. The maximum Gasteiger partial charge on any atom is 0.222 e. The third-order valence-electron chi connectivity index (χ3n) is 4.64. The first-order valence-electron chi connectivity index (χ1n) is 8.44. The van der Waals surface area contributed by atoms with Crippen LogP contribution in [0.1, 0.15) is 51.9 Å². The fraction of sp³-hybridized carbons (Fsp3) is 0.938. The first kappa shape index (κ1) is 16.7. The van der Waals surface area contributed by atoms with Crippen LogP contribution in [0.15, 0.2) is 0 Å². The molecule has 1 aliphatic heterocycles. The van der Waals surface area contributed by atoms with Crippen molar-refractivity contribution in [3.8, 4) is 0 Å². The highest BCUT2D eigenvalue weighted by atomic mass is 16.3. The van der Waals surface area contributed by atoms with Crippen molar-refractivity contribution in [3.63, 3.8) is 0 Å². The van der Waals surface area contributed by atoms with Gasteiger partial charge in [0, 0.05) is 38.6 Å². The number of hydrogen-bond acceptors (Lipinski definition) is 4. The zero-order chi connectivity index (χ0) is 15.2. The predicted molar refractivity (Wildman–Crippen MR) is 81.9 cm³/mol. The van der Waals surface area contributed by atoms with Gasteiger partial charge in [0.25, 0.3) is 0 Å². The molecular formula is C16H30N2O3. The lowest BCUT2D eigenvalue weighted by Crippen LogP contribution is -2.47. The van der Waals surface area contributed by atoms with Crippen molar-refractivity contribution in [3.05, 3.63) is 0 Å². The average molecular weight is 298 g/mol. The molecule has 1 saturated carbocycles. The van der Waals surface area contributed by atoms with Gasteiger partial charge in [-0.05, 0) is 26.2 Å². The summed E-state index contributed by atoms with van der Waals surface area (Å²) in [5, 5.41) is 20.0. The molecule has 0 spiro atoms. The largest absolute Gasteiger partial charge is 0.392 e. The zero-order valence-electron chi connectivity index (χ0n) is 13.2. The monoisotopic (exact) mass is 298 g/mol. The van der Waals surface area contributed by atoms with E-state index in [1.165, 1.54) is 19.3 Å². The predicted octanol–water partition coefficient (Wildman–Crippen LogP) is 0.985. The van der Waals surface area contributed by atoms with E-state index in [4.69, 9.17) is 0 Å². The molecule has 1 aliphatic carbocycles. The summed E-state index contributed by atoms with van der Waals surface area (Å²) in [6.07, 6.45) is 6.70. The van der Waals surface area contributed by atoms with Gasteiger partial charge in [0.15, 0.2) is 0 Å². The van der Waals surface area contributed by atoms with Gasteiger partial charge in [-0.15, -0.1) is 0 Å². The van der Waals surface area contributed by atoms with Gasteiger partial charge in [-0.2, -0.15) is 0 Å². The van der Waals surface area contributed by atoms with Crippen LogP contribution in [0.3, 0.4) is 0 Å². The molecule has 1 heterocycles. The van der Waals surface area contributed by atoms with Crippen LogP contribution in [0.2, 0.25) is 0 Å². The Morgan fingerprint density at radius 3 is 2.48 bits per heavy atom. The van der Waals surface area contributed by atoms with Crippen LogP contribution in [0.25, 0.3) is 0 Å². The smallest absolute Gasteiger partial charge is 0.222 e. The fourth-order valence-corrected chi connectivity index (χ4v) is 3.64. The van der Waals surface area contributed by atoms with Crippen LogP contribution < -0.4 is 0 Å². The molecule has 0 aromatic heterocycles. The lowest BCUT2D eigenvalue weighted by Gasteiger charge is -2.36. The van der Waals surface area contributed by atoms with E-state index in [0.29, 0.717) is 32.1 Å². The average Bonchev–Trinajstić information content (AvgIpc) is 2.84. The van der Waals surface area contributed by atoms with Gasteiger partial charge < -0.3 is 15.1 Å². The first-order valence-corrected chi connectivity index (χ1v) is 8.44. The molecule has 0 aromatic carbocycles. The van der Waals surface area contributed by atoms with Crippen molar-refractivity contribution < 1.29 is 15.0 Å². The molecule has 5 nitrogen and oxygen atoms in total. The Balaban J connectivity index is 1.85. The van der Waals surface area contributed by atoms with Crippen molar-refractivity contribution in [1.82, 2.24) is 9.80 Å². The second-order valence-corrected chi connectivity index (χ2v) is 6.69. The van der Waals surface area contributed by atoms with E-state index in [9.17, 15) is 15.0 Å². The van der Waals surface area contributed by atoms with Crippen LogP contribution in [0, 0.1) is 0 Å². The molecule has 122 valence electrons. The first-order chi connectivity index (χ1) is 10.1. The standard InChI is InChI=1S/C16H30N2O3/c1-13(19)10-18(14-6-3-2-4-7-14)12-15(20)11-17-9-5-8-16(17)21/h13-15,19-20H,2-12H2,1H3. The van der Waals surface area contributed by atoms with Gasteiger partial charge in [-0.25, -0.2) is 0 Å². The highest BCUT2D eigenvalue weighted by molar-refractivity contribution is 5.78. The number of likely N-dealkylation sites (tertiary alicyclic amines) is 1. The van der Waals surface area contributed by atoms with E-state index in [0.717, 1.165) is 25.8 Å². The van der Waals surface area contributed by atoms with Crippen molar-refractivity contribution in [2.24, 2.45) is 0 Å². The number of nitrogens with zero attached hydrogens (tertiary/aromatic N) is 2. The molecule has 1 saturated heterocycles. The summed E-state index contributed by atoms with van der Waals surface area (Å²) < 4.78 is 0. The van der Waals surface area contributed by atoms with Gasteiger partial charge in [-0.1, -0.05) is 19.3 Å². The molecule has 2 rings (SSSR count). The SMILES string of the molecule is CC(O)CN(CC(O)CN1CCCC1=O)C1CCCCC1. The topological polar surface area (TPSA) is 64.0 Å². The summed E-state index contributed by atoms with van der Waals surface area (Å²) in [7, 11) is 0. The van der Waals surface area contributed by atoms with Crippen LogP contribution in [-0.4, -0.2) is 70.3 Å². The number of amides is 1. The molecule has 2 atom stereocenters. The molecule has 5 heteroatoms. The number of carbonyl (C=O) groups excluding carboxylic acids is 1. The summed E-state index contributed by atoms with van der Waals surface area (Å²) in [5.74, 6) is 0.161. The maximum atomic E-state index is 11.6.